The summed E-state index contributed by atoms with van der Waals surface area (Å²) in [5, 5.41) is 0. The zero-order chi connectivity index (χ0) is 12.3. The highest BCUT2D eigenvalue weighted by atomic mass is 127. The zero-order valence-corrected chi connectivity index (χ0v) is 11.1. The summed E-state index contributed by atoms with van der Waals surface area (Å²) in [4.78, 5) is 15.3. The van der Waals surface area contributed by atoms with Gasteiger partial charge in [-0.15, -0.1) is 11.6 Å². The van der Waals surface area contributed by atoms with Gasteiger partial charge in [0.2, 0.25) is 0 Å². The molecule has 0 amide bonds. The molecule has 1 aromatic rings. The summed E-state index contributed by atoms with van der Waals surface area (Å²) in [7, 11) is 1.13. The molecule has 7 heteroatoms. The summed E-state index contributed by atoms with van der Waals surface area (Å²) < 4.78 is 30.1. The van der Waals surface area contributed by atoms with Crippen LogP contribution in [-0.4, -0.2) is 18.1 Å². The second-order valence-corrected chi connectivity index (χ2v) is 4.08. The van der Waals surface area contributed by atoms with Crippen LogP contribution in [0.2, 0.25) is 0 Å². The van der Waals surface area contributed by atoms with Crippen LogP contribution < -0.4 is 0 Å². The predicted octanol–water partition coefficient (Wildman–Crippen LogP) is 3.15. The summed E-state index contributed by atoms with van der Waals surface area (Å²) in [5.74, 6) is -0.815. The summed E-state index contributed by atoms with van der Waals surface area (Å²) in [6.07, 6.45) is -2.77. The molecule has 0 aromatic carbocycles. The maximum absolute atomic E-state index is 12.7. The number of carbonyl (C=O) groups is 1. The van der Waals surface area contributed by atoms with Crippen molar-refractivity contribution in [3.05, 3.63) is 26.6 Å². The number of ether oxygens (including phenoxy) is 1. The van der Waals surface area contributed by atoms with E-state index in [0.29, 0.717) is 5.69 Å². The molecule has 0 unspecified atom stereocenters. The molecule has 0 saturated heterocycles. The highest BCUT2D eigenvalue weighted by Gasteiger charge is 2.23. The highest BCUT2D eigenvalue weighted by molar-refractivity contribution is 14.1. The number of hydrogen-bond donors (Lipinski definition) is 0. The van der Waals surface area contributed by atoms with Gasteiger partial charge in [-0.05, 0) is 28.7 Å². The van der Waals surface area contributed by atoms with Gasteiger partial charge in [-0.2, -0.15) is 0 Å². The number of pyridine rings is 1. The fraction of sp³-hybridized carbons (Fsp3) is 0.333. The molecule has 1 rings (SSSR count). The van der Waals surface area contributed by atoms with Crippen molar-refractivity contribution in [2.24, 2.45) is 0 Å². The lowest BCUT2D eigenvalue weighted by molar-refractivity contribution is 0.0587. The Hall–Kier alpha value is -0.500. The lowest BCUT2D eigenvalue weighted by atomic mass is 10.1. The van der Waals surface area contributed by atoms with E-state index in [1.54, 1.807) is 22.6 Å². The van der Waals surface area contributed by atoms with Crippen LogP contribution in [-0.2, 0) is 10.6 Å². The molecule has 0 saturated carbocycles. The third-order valence-corrected chi connectivity index (χ3v) is 2.87. The van der Waals surface area contributed by atoms with E-state index in [1.807, 2.05) is 0 Å². The minimum Gasteiger partial charge on any atom is -0.465 e. The molecule has 0 bridgehead atoms. The third-order valence-electron chi connectivity index (χ3n) is 1.82. The summed E-state index contributed by atoms with van der Waals surface area (Å²) in [5.41, 5.74) is -0.303. The Morgan fingerprint density at radius 2 is 2.31 bits per heavy atom. The fourth-order valence-electron chi connectivity index (χ4n) is 1.13. The summed E-state index contributed by atoms with van der Waals surface area (Å²) >= 11 is 7.22. The van der Waals surface area contributed by atoms with Gasteiger partial charge in [0.1, 0.15) is 9.26 Å². The van der Waals surface area contributed by atoms with Crippen LogP contribution in [0.5, 0.6) is 0 Å². The van der Waals surface area contributed by atoms with Gasteiger partial charge < -0.3 is 4.74 Å². The monoisotopic (exact) mass is 361 g/mol. The van der Waals surface area contributed by atoms with Crippen LogP contribution in [0.25, 0.3) is 0 Å². The molecule has 3 nitrogen and oxygen atoms in total. The number of aromatic nitrogens is 1. The lowest BCUT2D eigenvalue weighted by Gasteiger charge is -2.10. The number of hydrogen-bond acceptors (Lipinski definition) is 3. The molecule has 0 fully saturated rings. The zero-order valence-electron chi connectivity index (χ0n) is 8.14. The van der Waals surface area contributed by atoms with Gasteiger partial charge in [-0.25, -0.2) is 18.6 Å². The van der Waals surface area contributed by atoms with Crippen LogP contribution >= 0.6 is 34.2 Å². The molecule has 0 aliphatic rings. The number of alkyl halides is 3. The first-order chi connectivity index (χ1) is 7.51. The SMILES string of the molecule is COC(=O)c1c(C(F)F)cc(CCl)nc1I. The molecule has 0 aliphatic carbocycles. The molecule has 88 valence electrons. The third kappa shape index (κ3) is 2.79. The number of carbonyl (C=O) groups excluding carboxylic acids is 1. The highest BCUT2D eigenvalue weighted by Crippen LogP contribution is 2.27. The number of methoxy groups -OCH3 is 1. The van der Waals surface area contributed by atoms with Gasteiger partial charge >= 0.3 is 5.97 Å². The first-order valence-corrected chi connectivity index (χ1v) is 5.74. The average Bonchev–Trinajstić information content (AvgIpc) is 2.26. The Morgan fingerprint density at radius 3 is 2.75 bits per heavy atom. The number of esters is 1. The van der Waals surface area contributed by atoms with Crippen LogP contribution in [0.4, 0.5) is 8.78 Å². The molecular formula is C9H7ClF2INO2. The fourth-order valence-corrected chi connectivity index (χ4v) is 2.11. The average molecular weight is 362 g/mol. The second-order valence-electron chi connectivity index (χ2n) is 2.79. The van der Waals surface area contributed by atoms with Crippen LogP contribution in [0, 0.1) is 3.70 Å². The smallest absolute Gasteiger partial charge is 0.341 e. The summed E-state index contributed by atoms with van der Waals surface area (Å²) in [6.45, 7) is 0. The van der Waals surface area contributed by atoms with Crippen molar-refractivity contribution < 1.29 is 18.3 Å². The Labute approximate surface area is 109 Å². The summed E-state index contributed by atoms with van der Waals surface area (Å²) in [6, 6.07) is 1.12. The largest absolute Gasteiger partial charge is 0.465 e. The van der Waals surface area contributed by atoms with E-state index in [-0.39, 0.29) is 15.1 Å². The second kappa shape index (κ2) is 5.72. The van der Waals surface area contributed by atoms with Crippen LogP contribution in [0.15, 0.2) is 6.07 Å². The predicted molar refractivity (Wildman–Crippen MR) is 62.8 cm³/mol. The quantitative estimate of drug-likeness (QED) is 0.359. The molecule has 0 spiro atoms. The number of nitrogens with zero attached hydrogens (tertiary/aromatic N) is 1. The van der Waals surface area contributed by atoms with Crippen molar-refractivity contribution in [1.29, 1.82) is 0 Å². The first-order valence-electron chi connectivity index (χ1n) is 4.13. The molecule has 0 atom stereocenters. The maximum atomic E-state index is 12.7. The number of halogens is 4. The van der Waals surface area contributed by atoms with Gasteiger partial charge in [0.25, 0.3) is 6.43 Å². The molecule has 16 heavy (non-hydrogen) atoms. The number of rotatable bonds is 3. The lowest BCUT2D eigenvalue weighted by Crippen LogP contribution is -2.11. The van der Waals surface area contributed by atoms with E-state index in [4.69, 9.17) is 11.6 Å². The normalized spacial score (nSPS) is 10.6. The van der Waals surface area contributed by atoms with Gasteiger partial charge in [-0.3, -0.25) is 0 Å². The molecule has 1 aromatic heterocycles. The van der Waals surface area contributed by atoms with Crippen molar-refractivity contribution in [3.8, 4) is 0 Å². The van der Waals surface area contributed by atoms with E-state index in [0.717, 1.165) is 13.2 Å². The van der Waals surface area contributed by atoms with E-state index in [1.165, 1.54) is 0 Å². The minimum atomic E-state index is -2.77. The van der Waals surface area contributed by atoms with Crippen molar-refractivity contribution in [3.63, 3.8) is 0 Å². The first kappa shape index (κ1) is 13.6. The van der Waals surface area contributed by atoms with Crippen LogP contribution in [0.3, 0.4) is 0 Å². The standard InChI is InChI=1S/C9H7ClF2INO2/c1-16-9(15)6-5(7(11)12)2-4(3-10)14-8(6)13/h2,7H,3H2,1H3. The Kier molecular flexibility index (Phi) is 4.85. The van der Waals surface area contributed by atoms with Crippen LogP contribution in [0.1, 0.15) is 28.0 Å². The molecule has 0 radical (unpaired) electrons. The van der Waals surface area contributed by atoms with Gasteiger partial charge in [0.15, 0.2) is 0 Å². The van der Waals surface area contributed by atoms with Gasteiger partial charge in [0, 0.05) is 5.56 Å². The van der Waals surface area contributed by atoms with E-state index >= 15 is 0 Å². The van der Waals surface area contributed by atoms with E-state index < -0.39 is 18.0 Å². The van der Waals surface area contributed by atoms with Crippen molar-refractivity contribution in [1.82, 2.24) is 4.98 Å². The molecule has 0 N–H and O–H groups in total. The van der Waals surface area contributed by atoms with Crippen molar-refractivity contribution in [2.75, 3.05) is 7.11 Å². The maximum Gasteiger partial charge on any atom is 0.341 e. The Bertz CT molecular complexity index is 415. The molecule has 0 aliphatic heterocycles. The van der Waals surface area contributed by atoms with Crippen molar-refractivity contribution >= 4 is 40.2 Å². The molecular weight excluding hydrogens is 354 g/mol. The Balaban J connectivity index is 3.39. The van der Waals surface area contributed by atoms with E-state index in [9.17, 15) is 13.6 Å². The molecule has 1 heterocycles. The van der Waals surface area contributed by atoms with E-state index in [2.05, 4.69) is 9.72 Å². The minimum absolute atomic E-state index is 0.0111. The van der Waals surface area contributed by atoms with Gasteiger partial charge in [-0.1, -0.05) is 0 Å². The Morgan fingerprint density at radius 1 is 1.69 bits per heavy atom. The van der Waals surface area contributed by atoms with Crippen molar-refractivity contribution in [2.45, 2.75) is 12.3 Å². The van der Waals surface area contributed by atoms with Gasteiger partial charge in [0.05, 0.1) is 18.7 Å². The topological polar surface area (TPSA) is 39.2 Å².